The van der Waals surface area contributed by atoms with Gasteiger partial charge in [-0.2, -0.15) is 0 Å². The van der Waals surface area contributed by atoms with Gasteiger partial charge >= 0.3 is 0 Å². The van der Waals surface area contributed by atoms with E-state index >= 15 is 0 Å². The van der Waals surface area contributed by atoms with Crippen LogP contribution < -0.4 is 5.32 Å². The molecule has 1 aromatic rings. The highest BCUT2D eigenvalue weighted by Gasteiger charge is 2.38. The van der Waals surface area contributed by atoms with Gasteiger partial charge in [0.25, 0.3) is 0 Å². The molecule has 2 saturated carbocycles. The van der Waals surface area contributed by atoms with E-state index in [4.69, 9.17) is 11.6 Å². The molecule has 0 spiro atoms. The van der Waals surface area contributed by atoms with Crippen LogP contribution in [0.4, 0.5) is 0 Å². The molecule has 1 aromatic carbocycles. The molecule has 0 heterocycles. The van der Waals surface area contributed by atoms with Crippen LogP contribution in [0.5, 0.6) is 0 Å². The van der Waals surface area contributed by atoms with E-state index in [1.54, 1.807) is 0 Å². The van der Waals surface area contributed by atoms with E-state index in [2.05, 4.69) is 5.32 Å². The normalized spacial score (nSPS) is 21.7. The Balaban J connectivity index is 1.66. The van der Waals surface area contributed by atoms with E-state index in [1.165, 1.54) is 6.42 Å². The number of carbonyl (C=O) groups is 1. The maximum Gasteiger partial charge on any atom is 0.227 e. The fourth-order valence-corrected chi connectivity index (χ4v) is 3.94. The molecule has 0 aliphatic heterocycles. The first-order valence-corrected chi connectivity index (χ1v) is 9.15. The monoisotopic (exact) mass is 335 g/mol. The van der Waals surface area contributed by atoms with Crippen LogP contribution >= 0.6 is 11.6 Å². The van der Waals surface area contributed by atoms with Crippen molar-refractivity contribution in [1.29, 1.82) is 0 Å². The molecule has 2 aliphatic carbocycles. The first kappa shape index (κ1) is 16.8. The van der Waals surface area contributed by atoms with Gasteiger partial charge in [0.15, 0.2) is 0 Å². The van der Waals surface area contributed by atoms with E-state index in [9.17, 15) is 9.90 Å². The number of nitrogens with one attached hydrogen (secondary N) is 1. The molecule has 1 unspecified atom stereocenters. The number of aliphatic hydroxyl groups is 1. The summed E-state index contributed by atoms with van der Waals surface area (Å²) in [6.07, 6.45) is 7.81. The van der Waals surface area contributed by atoms with E-state index < -0.39 is 0 Å². The summed E-state index contributed by atoms with van der Waals surface area (Å²) in [5.41, 5.74) is 0.943. The minimum atomic E-state index is -0.109. The summed E-state index contributed by atoms with van der Waals surface area (Å²) in [4.78, 5) is 12.8. The zero-order valence-corrected chi connectivity index (χ0v) is 14.3. The smallest absolute Gasteiger partial charge is 0.227 e. The van der Waals surface area contributed by atoms with Gasteiger partial charge in [-0.25, -0.2) is 0 Å². The molecule has 0 saturated heterocycles. The Bertz CT molecular complexity index is 533. The summed E-state index contributed by atoms with van der Waals surface area (Å²) in [6.45, 7) is 0.765. The van der Waals surface area contributed by atoms with Crippen LogP contribution in [0, 0.1) is 11.3 Å². The standard InChI is InChI=1S/C19H26ClNO2/c20-16-8-6-15(7-9-16)17(14-4-5-14)18(23)21-12-19(13-22)10-2-1-3-11-19/h6-9,14,17,22H,1-5,10-13H2,(H,21,23). The van der Waals surface area contributed by atoms with Gasteiger partial charge in [-0.05, 0) is 49.3 Å². The third-order valence-electron chi connectivity index (χ3n) is 5.49. The summed E-state index contributed by atoms with van der Waals surface area (Å²) >= 11 is 5.96. The quantitative estimate of drug-likeness (QED) is 0.828. The Morgan fingerprint density at radius 2 is 1.87 bits per heavy atom. The minimum Gasteiger partial charge on any atom is -0.396 e. The number of halogens is 1. The second-order valence-electron chi connectivity index (χ2n) is 7.30. The summed E-state index contributed by atoms with van der Waals surface area (Å²) in [6, 6.07) is 7.65. The maximum atomic E-state index is 12.8. The molecule has 126 valence electrons. The highest BCUT2D eigenvalue weighted by molar-refractivity contribution is 6.30. The first-order valence-electron chi connectivity index (χ1n) is 8.78. The second-order valence-corrected chi connectivity index (χ2v) is 7.74. The number of carbonyl (C=O) groups excluding carboxylic acids is 1. The molecule has 2 aliphatic rings. The van der Waals surface area contributed by atoms with Crippen molar-refractivity contribution < 1.29 is 9.90 Å². The summed E-state index contributed by atoms with van der Waals surface area (Å²) in [5.74, 6) is 0.479. The Morgan fingerprint density at radius 3 is 2.43 bits per heavy atom. The van der Waals surface area contributed by atoms with Gasteiger partial charge in [-0.15, -0.1) is 0 Å². The third kappa shape index (κ3) is 4.07. The third-order valence-corrected chi connectivity index (χ3v) is 5.74. The summed E-state index contributed by atoms with van der Waals surface area (Å²) in [7, 11) is 0. The lowest BCUT2D eigenvalue weighted by molar-refractivity contribution is -0.123. The van der Waals surface area contributed by atoms with Crippen molar-refractivity contribution in [3.63, 3.8) is 0 Å². The van der Waals surface area contributed by atoms with Crippen molar-refractivity contribution in [2.45, 2.75) is 50.9 Å². The molecule has 2 fully saturated rings. The molecule has 4 heteroatoms. The van der Waals surface area contributed by atoms with Crippen molar-refractivity contribution in [2.75, 3.05) is 13.2 Å². The van der Waals surface area contributed by atoms with Crippen LogP contribution in [0.1, 0.15) is 56.4 Å². The molecule has 23 heavy (non-hydrogen) atoms. The predicted molar refractivity (Wildman–Crippen MR) is 92.5 cm³/mol. The van der Waals surface area contributed by atoms with Crippen LogP contribution in [0.15, 0.2) is 24.3 Å². The number of amides is 1. The number of benzene rings is 1. The molecular formula is C19H26ClNO2. The molecule has 2 N–H and O–H groups in total. The molecule has 0 bridgehead atoms. The highest BCUT2D eigenvalue weighted by atomic mass is 35.5. The van der Waals surface area contributed by atoms with Gasteiger partial charge in [0.05, 0.1) is 12.5 Å². The van der Waals surface area contributed by atoms with Gasteiger partial charge in [0.1, 0.15) is 0 Å². The fraction of sp³-hybridized carbons (Fsp3) is 0.632. The minimum absolute atomic E-state index is 0.0772. The molecular weight excluding hydrogens is 310 g/mol. The van der Waals surface area contributed by atoms with Gasteiger partial charge in [0, 0.05) is 17.0 Å². The largest absolute Gasteiger partial charge is 0.396 e. The number of hydrogen-bond donors (Lipinski definition) is 2. The average Bonchev–Trinajstić information content (AvgIpc) is 3.41. The molecule has 3 nitrogen and oxygen atoms in total. The van der Waals surface area contributed by atoms with Gasteiger partial charge in [-0.3, -0.25) is 4.79 Å². The number of hydrogen-bond acceptors (Lipinski definition) is 2. The van der Waals surface area contributed by atoms with Gasteiger partial charge < -0.3 is 10.4 Å². The Labute approximate surface area is 143 Å². The fourth-order valence-electron chi connectivity index (χ4n) is 3.81. The van der Waals surface area contributed by atoms with Crippen molar-refractivity contribution >= 4 is 17.5 Å². The lowest BCUT2D eigenvalue weighted by Gasteiger charge is -2.36. The van der Waals surface area contributed by atoms with Crippen LogP contribution in [-0.2, 0) is 4.79 Å². The second kappa shape index (κ2) is 7.23. The van der Waals surface area contributed by atoms with Gasteiger partial charge in [-0.1, -0.05) is 43.0 Å². The Hall–Kier alpha value is -1.06. The van der Waals surface area contributed by atoms with Gasteiger partial charge in [0.2, 0.25) is 5.91 Å². The summed E-state index contributed by atoms with van der Waals surface area (Å²) < 4.78 is 0. The summed E-state index contributed by atoms with van der Waals surface area (Å²) in [5, 5.41) is 13.6. The molecule has 1 atom stereocenters. The SMILES string of the molecule is O=C(NCC1(CO)CCCCC1)C(c1ccc(Cl)cc1)C1CC1. The zero-order chi connectivity index (χ0) is 16.3. The van der Waals surface area contributed by atoms with E-state index in [1.807, 2.05) is 24.3 Å². The van der Waals surface area contributed by atoms with E-state index in [-0.39, 0.29) is 23.8 Å². The maximum absolute atomic E-state index is 12.8. The molecule has 3 rings (SSSR count). The Morgan fingerprint density at radius 1 is 1.22 bits per heavy atom. The van der Waals surface area contributed by atoms with E-state index in [0.717, 1.165) is 44.1 Å². The lowest BCUT2D eigenvalue weighted by atomic mass is 9.74. The topological polar surface area (TPSA) is 49.3 Å². The molecule has 0 aromatic heterocycles. The number of aliphatic hydroxyl groups excluding tert-OH is 1. The zero-order valence-electron chi connectivity index (χ0n) is 13.6. The molecule has 1 amide bonds. The number of rotatable bonds is 6. The average molecular weight is 336 g/mol. The van der Waals surface area contributed by atoms with E-state index in [0.29, 0.717) is 17.5 Å². The first-order chi connectivity index (χ1) is 11.1. The van der Waals surface area contributed by atoms with Crippen LogP contribution in [0.3, 0.4) is 0 Å². The molecule has 0 radical (unpaired) electrons. The Kier molecular flexibility index (Phi) is 5.27. The van der Waals surface area contributed by atoms with Crippen LogP contribution in [0.25, 0.3) is 0 Å². The van der Waals surface area contributed by atoms with Crippen molar-refractivity contribution in [2.24, 2.45) is 11.3 Å². The van der Waals surface area contributed by atoms with Crippen LogP contribution in [0.2, 0.25) is 5.02 Å². The van der Waals surface area contributed by atoms with Crippen LogP contribution in [-0.4, -0.2) is 24.2 Å². The highest BCUT2D eigenvalue weighted by Crippen LogP contribution is 2.43. The van der Waals surface area contributed by atoms with Crippen molar-refractivity contribution in [3.05, 3.63) is 34.9 Å². The van der Waals surface area contributed by atoms with Crippen molar-refractivity contribution in [1.82, 2.24) is 5.32 Å². The van der Waals surface area contributed by atoms with Crippen molar-refractivity contribution in [3.8, 4) is 0 Å². The lowest BCUT2D eigenvalue weighted by Crippen LogP contribution is -2.43. The predicted octanol–water partition coefficient (Wildman–Crippen LogP) is 3.89.